The van der Waals surface area contributed by atoms with E-state index >= 15 is 0 Å². The van der Waals surface area contributed by atoms with Crippen LogP contribution in [-0.4, -0.2) is 25.7 Å². The minimum Gasteiger partial charge on any atom is -0.352 e. The second-order valence-electron chi connectivity index (χ2n) is 6.37. The molecule has 2 rings (SSSR count). The molecule has 2 fully saturated rings. The Labute approximate surface area is 128 Å². The Balaban J connectivity index is 1.77. The lowest BCUT2D eigenvalue weighted by atomic mass is 9.80. The summed E-state index contributed by atoms with van der Waals surface area (Å²) in [5.74, 6) is -1.06. The molecule has 1 aliphatic heterocycles. The molecule has 0 aromatic carbocycles. The summed E-state index contributed by atoms with van der Waals surface area (Å²) >= 11 is 0. The normalized spacial score (nSPS) is 34.7. The summed E-state index contributed by atoms with van der Waals surface area (Å²) in [4.78, 5) is 0. The van der Waals surface area contributed by atoms with Crippen LogP contribution in [0.3, 0.4) is 0 Å². The zero-order valence-electron chi connectivity index (χ0n) is 12.9. The highest BCUT2D eigenvalue weighted by molar-refractivity contribution is 5.03. The molecule has 1 heterocycles. The summed E-state index contributed by atoms with van der Waals surface area (Å²) in [5, 5.41) is 0. The molecule has 0 aromatic heterocycles. The van der Waals surface area contributed by atoms with Crippen molar-refractivity contribution in [2.45, 2.75) is 57.9 Å². The molecule has 0 bridgehead atoms. The zero-order valence-corrected chi connectivity index (χ0v) is 12.9. The number of hydrogen-bond donors (Lipinski definition) is 0. The lowest BCUT2D eigenvalue weighted by Crippen LogP contribution is -2.38. The molecule has 2 nitrogen and oxygen atoms in total. The molecule has 0 N–H and O–H groups in total. The molecule has 2 aliphatic rings. The molecule has 1 aliphatic carbocycles. The van der Waals surface area contributed by atoms with Gasteiger partial charge in [-0.25, -0.2) is 4.39 Å². The van der Waals surface area contributed by atoms with E-state index in [9.17, 15) is 17.6 Å². The number of alkyl halides is 3. The molecule has 0 radical (unpaired) electrons. The molecule has 1 saturated carbocycles. The van der Waals surface area contributed by atoms with Crippen molar-refractivity contribution in [3.8, 4) is 0 Å². The van der Waals surface area contributed by atoms with Gasteiger partial charge in [-0.05, 0) is 32.1 Å². The molecule has 0 aromatic rings. The molecule has 22 heavy (non-hydrogen) atoms. The van der Waals surface area contributed by atoms with Crippen LogP contribution in [0.25, 0.3) is 0 Å². The van der Waals surface area contributed by atoms with Gasteiger partial charge in [0.05, 0.1) is 19.3 Å². The second-order valence-corrected chi connectivity index (χ2v) is 6.37. The van der Waals surface area contributed by atoms with Gasteiger partial charge in [-0.15, -0.1) is 0 Å². The first-order valence-corrected chi connectivity index (χ1v) is 8.07. The first-order chi connectivity index (χ1) is 10.4. The Morgan fingerprint density at radius 3 is 2.18 bits per heavy atom. The highest BCUT2D eigenvalue weighted by atomic mass is 19.4. The van der Waals surface area contributed by atoms with E-state index in [-0.39, 0.29) is 18.3 Å². The Bertz CT molecular complexity index is 365. The van der Waals surface area contributed by atoms with Crippen molar-refractivity contribution in [1.29, 1.82) is 0 Å². The molecular formula is C16H24F4O2. The van der Waals surface area contributed by atoms with Gasteiger partial charge in [-0.3, -0.25) is 0 Å². The first-order valence-electron chi connectivity index (χ1n) is 8.07. The quantitative estimate of drug-likeness (QED) is 0.678. The van der Waals surface area contributed by atoms with Crippen molar-refractivity contribution >= 4 is 0 Å². The van der Waals surface area contributed by atoms with Gasteiger partial charge in [0.15, 0.2) is 6.29 Å². The molecule has 0 unspecified atom stereocenters. The average Bonchev–Trinajstić information content (AvgIpc) is 2.47. The number of rotatable bonds is 4. The third-order valence-corrected chi connectivity index (χ3v) is 4.54. The smallest absolute Gasteiger partial charge is 0.352 e. The fourth-order valence-corrected chi connectivity index (χ4v) is 3.35. The van der Waals surface area contributed by atoms with Crippen LogP contribution >= 0.6 is 0 Å². The van der Waals surface area contributed by atoms with Gasteiger partial charge in [0.1, 0.15) is 5.83 Å². The summed E-state index contributed by atoms with van der Waals surface area (Å²) in [7, 11) is 0. The Morgan fingerprint density at radius 1 is 1.09 bits per heavy atom. The van der Waals surface area contributed by atoms with Crippen molar-refractivity contribution in [3.63, 3.8) is 0 Å². The fourth-order valence-electron chi connectivity index (χ4n) is 3.35. The van der Waals surface area contributed by atoms with Gasteiger partial charge in [0.25, 0.3) is 0 Å². The Kier molecular flexibility index (Phi) is 6.26. The standard InChI is InChI=1S/C16H24F4O2/c1-2-3-11-9-21-15(22-10-11)13-6-4-12(5-7-13)14(17)8-16(18,19)20/h8,11-13,15H,2-7,9-10H2,1H3/b14-8-. The number of hydrogen-bond acceptors (Lipinski definition) is 2. The van der Waals surface area contributed by atoms with E-state index in [2.05, 4.69) is 6.92 Å². The van der Waals surface area contributed by atoms with Crippen LogP contribution in [0.1, 0.15) is 45.4 Å². The lowest BCUT2D eigenvalue weighted by Gasteiger charge is -2.37. The second kappa shape index (κ2) is 7.77. The van der Waals surface area contributed by atoms with Gasteiger partial charge in [0.2, 0.25) is 0 Å². The van der Waals surface area contributed by atoms with Crippen LogP contribution in [0.5, 0.6) is 0 Å². The zero-order chi connectivity index (χ0) is 16.2. The average molecular weight is 324 g/mol. The Hall–Kier alpha value is -0.620. The summed E-state index contributed by atoms with van der Waals surface area (Å²) < 4.78 is 61.6. The van der Waals surface area contributed by atoms with E-state index in [1.54, 1.807) is 0 Å². The van der Waals surface area contributed by atoms with E-state index in [1.807, 2.05) is 0 Å². The fraction of sp³-hybridized carbons (Fsp3) is 0.875. The van der Waals surface area contributed by atoms with Gasteiger partial charge >= 0.3 is 6.18 Å². The minimum absolute atomic E-state index is 0.164. The van der Waals surface area contributed by atoms with Crippen molar-refractivity contribution in [1.82, 2.24) is 0 Å². The summed E-state index contributed by atoms with van der Waals surface area (Å²) in [5.41, 5.74) is 0. The van der Waals surface area contributed by atoms with E-state index in [4.69, 9.17) is 9.47 Å². The predicted molar refractivity (Wildman–Crippen MR) is 74.8 cm³/mol. The summed E-state index contributed by atoms with van der Waals surface area (Å²) in [6.07, 6.45) is -0.755. The third-order valence-electron chi connectivity index (χ3n) is 4.54. The monoisotopic (exact) mass is 324 g/mol. The SMILES string of the molecule is CCCC1COC(C2CCC(/C(F)=C/C(F)(F)F)CC2)OC1. The Morgan fingerprint density at radius 2 is 1.68 bits per heavy atom. The van der Waals surface area contributed by atoms with E-state index < -0.39 is 17.9 Å². The van der Waals surface area contributed by atoms with Crippen molar-refractivity contribution < 1.29 is 27.0 Å². The highest BCUT2D eigenvalue weighted by Gasteiger charge is 2.35. The maximum atomic E-state index is 13.6. The first kappa shape index (κ1) is 17.7. The molecular weight excluding hydrogens is 300 g/mol. The van der Waals surface area contributed by atoms with Crippen LogP contribution in [0.15, 0.2) is 11.9 Å². The summed E-state index contributed by atoms with van der Waals surface area (Å²) in [6, 6.07) is 0. The summed E-state index contributed by atoms with van der Waals surface area (Å²) in [6.45, 7) is 3.48. The largest absolute Gasteiger partial charge is 0.412 e. The molecule has 6 heteroatoms. The molecule has 0 amide bonds. The molecule has 0 spiro atoms. The van der Waals surface area contributed by atoms with Crippen LogP contribution < -0.4 is 0 Å². The van der Waals surface area contributed by atoms with Crippen LogP contribution in [-0.2, 0) is 9.47 Å². The lowest BCUT2D eigenvalue weighted by molar-refractivity contribution is -0.229. The molecule has 128 valence electrons. The van der Waals surface area contributed by atoms with Gasteiger partial charge in [-0.2, -0.15) is 13.2 Å². The number of ether oxygens (including phenoxy) is 2. The third kappa shape index (κ3) is 5.23. The highest BCUT2D eigenvalue weighted by Crippen LogP contribution is 2.38. The van der Waals surface area contributed by atoms with Crippen LogP contribution in [0.2, 0.25) is 0 Å². The molecule has 0 atom stereocenters. The van der Waals surface area contributed by atoms with Gasteiger partial charge in [-0.1, -0.05) is 13.3 Å². The van der Waals surface area contributed by atoms with Crippen molar-refractivity contribution in [2.24, 2.45) is 17.8 Å². The molecule has 1 saturated heterocycles. The number of halogens is 4. The van der Waals surface area contributed by atoms with Gasteiger partial charge in [0, 0.05) is 17.8 Å². The van der Waals surface area contributed by atoms with E-state index in [1.165, 1.54) is 0 Å². The number of allylic oxidation sites excluding steroid dienone is 2. The maximum Gasteiger partial charge on any atom is 0.412 e. The minimum atomic E-state index is -4.58. The van der Waals surface area contributed by atoms with Crippen molar-refractivity contribution in [2.75, 3.05) is 13.2 Å². The maximum absolute atomic E-state index is 13.6. The predicted octanol–water partition coefficient (Wildman–Crippen LogP) is 5.00. The van der Waals surface area contributed by atoms with Crippen LogP contribution in [0, 0.1) is 17.8 Å². The van der Waals surface area contributed by atoms with Crippen molar-refractivity contribution in [3.05, 3.63) is 11.9 Å². The van der Waals surface area contributed by atoms with Crippen LogP contribution in [0.4, 0.5) is 17.6 Å². The van der Waals surface area contributed by atoms with E-state index in [0.29, 0.717) is 44.8 Å². The van der Waals surface area contributed by atoms with Gasteiger partial charge < -0.3 is 9.47 Å². The topological polar surface area (TPSA) is 18.5 Å². The van der Waals surface area contributed by atoms with E-state index in [0.717, 1.165) is 12.8 Å².